The molecule has 0 amide bonds. The van der Waals surface area contributed by atoms with Crippen molar-refractivity contribution in [1.82, 2.24) is 0 Å². The van der Waals surface area contributed by atoms with Crippen LogP contribution in [0.1, 0.15) is 10.4 Å². The summed E-state index contributed by atoms with van der Waals surface area (Å²) in [6.07, 6.45) is 0. The molecular formula is C10H11NOS. The molecule has 0 aliphatic carbocycles. The van der Waals surface area contributed by atoms with Crippen LogP contribution < -0.4 is 5.73 Å². The van der Waals surface area contributed by atoms with Crippen molar-refractivity contribution < 1.29 is 5.11 Å². The molecule has 0 saturated carbocycles. The second-order valence-corrected chi connectivity index (χ2v) is 4.33. The molecule has 2 aromatic rings. The summed E-state index contributed by atoms with van der Waals surface area (Å²) in [7, 11) is 0. The highest BCUT2D eigenvalue weighted by molar-refractivity contribution is 7.19. The molecule has 2 rings (SSSR count). The Morgan fingerprint density at radius 3 is 2.92 bits per heavy atom. The average molecular weight is 193 g/mol. The number of hydrogen-bond acceptors (Lipinski definition) is 3. The number of aryl methyl sites for hydroxylation is 1. The van der Waals surface area contributed by atoms with Crippen LogP contribution in [0, 0.1) is 6.92 Å². The van der Waals surface area contributed by atoms with E-state index in [2.05, 4.69) is 13.0 Å². The number of aliphatic hydroxyl groups excluding tert-OH is 1. The van der Waals surface area contributed by atoms with Gasteiger partial charge < -0.3 is 10.8 Å². The molecule has 0 spiro atoms. The first-order chi connectivity index (χ1) is 6.22. The van der Waals surface area contributed by atoms with Gasteiger partial charge in [-0.05, 0) is 18.4 Å². The van der Waals surface area contributed by atoms with Gasteiger partial charge in [0.1, 0.15) is 0 Å². The third kappa shape index (κ3) is 1.30. The average Bonchev–Trinajstić information content (AvgIpc) is 2.47. The lowest BCUT2D eigenvalue weighted by atomic mass is 10.1. The van der Waals surface area contributed by atoms with Crippen LogP contribution in [0.15, 0.2) is 18.2 Å². The standard InChI is InChI=1S/C10H11NOS/c1-6-4-7-2-3-8(5-12)9(11)10(7)13-6/h2-4,12H,5,11H2,1H3. The van der Waals surface area contributed by atoms with Crippen molar-refractivity contribution in [3.05, 3.63) is 28.6 Å². The Morgan fingerprint density at radius 1 is 1.46 bits per heavy atom. The fraction of sp³-hybridized carbons (Fsp3) is 0.200. The maximum Gasteiger partial charge on any atom is 0.0702 e. The molecule has 0 fully saturated rings. The second kappa shape index (κ2) is 3.01. The van der Waals surface area contributed by atoms with Gasteiger partial charge in [0.25, 0.3) is 0 Å². The summed E-state index contributed by atoms with van der Waals surface area (Å²) >= 11 is 1.67. The predicted molar refractivity (Wildman–Crippen MR) is 56.9 cm³/mol. The minimum absolute atomic E-state index is 0.0126. The Morgan fingerprint density at radius 2 is 2.23 bits per heavy atom. The first-order valence-corrected chi connectivity index (χ1v) is 4.92. The molecule has 0 unspecified atom stereocenters. The number of rotatable bonds is 1. The second-order valence-electron chi connectivity index (χ2n) is 3.07. The third-order valence-electron chi connectivity index (χ3n) is 2.11. The van der Waals surface area contributed by atoms with Crippen LogP contribution in [0.4, 0.5) is 5.69 Å². The molecule has 3 N–H and O–H groups in total. The molecule has 0 saturated heterocycles. The minimum atomic E-state index is 0.0126. The summed E-state index contributed by atoms with van der Waals surface area (Å²) in [5.74, 6) is 0. The maximum absolute atomic E-state index is 9.01. The molecule has 0 bridgehead atoms. The van der Waals surface area contributed by atoms with E-state index < -0.39 is 0 Å². The molecule has 1 aromatic heterocycles. The number of hydrogen-bond donors (Lipinski definition) is 2. The van der Waals surface area contributed by atoms with Crippen molar-refractivity contribution in [3.63, 3.8) is 0 Å². The van der Waals surface area contributed by atoms with Gasteiger partial charge in [-0.2, -0.15) is 0 Å². The van der Waals surface area contributed by atoms with E-state index in [0.717, 1.165) is 21.3 Å². The molecule has 1 aromatic carbocycles. The van der Waals surface area contributed by atoms with E-state index in [4.69, 9.17) is 10.8 Å². The van der Waals surface area contributed by atoms with E-state index in [1.54, 1.807) is 11.3 Å². The van der Waals surface area contributed by atoms with E-state index >= 15 is 0 Å². The SMILES string of the molecule is Cc1cc2ccc(CO)c(N)c2s1. The normalized spacial score (nSPS) is 10.9. The number of benzene rings is 1. The highest BCUT2D eigenvalue weighted by Crippen LogP contribution is 2.32. The smallest absolute Gasteiger partial charge is 0.0702 e. The topological polar surface area (TPSA) is 46.2 Å². The van der Waals surface area contributed by atoms with Crippen molar-refractivity contribution in [3.8, 4) is 0 Å². The van der Waals surface area contributed by atoms with E-state index in [-0.39, 0.29) is 6.61 Å². The Hall–Kier alpha value is -1.06. The Balaban J connectivity index is 2.78. The highest BCUT2D eigenvalue weighted by Gasteiger charge is 2.05. The molecule has 3 heteroatoms. The molecule has 13 heavy (non-hydrogen) atoms. The van der Waals surface area contributed by atoms with Crippen molar-refractivity contribution in [2.75, 3.05) is 5.73 Å². The summed E-state index contributed by atoms with van der Waals surface area (Å²) in [6.45, 7) is 2.07. The number of fused-ring (bicyclic) bond motifs is 1. The zero-order chi connectivity index (χ0) is 9.42. The lowest BCUT2D eigenvalue weighted by Gasteiger charge is -2.02. The van der Waals surface area contributed by atoms with Crippen molar-refractivity contribution in [2.45, 2.75) is 13.5 Å². The van der Waals surface area contributed by atoms with Crippen LogP contribution in [0.2, 0.25) is 0 Å². The van der Waals surface area contributed by atoms with E-state index in [9.17, 15) is 0 Å². The first-order valence-electron chi connectivity index (χ1n) is 4.10. The Labute approximate surface area is 80.6 Å². The third-order valence-corrected chi connectivity index (χ3v) is 3.21. The van der Waals surface area contributed by atoms with Crippen molar-refractivity contribution >= 4 is 27.1 Å². The maximum atomic E-state index is 9.01. The van der Waals surface area contributed by atoms with Crippen LogP contribution >= 0.6 is 11.3 Å². The number of thiophene rings is 1. The molecule has 0 atom stereocenters. The van der Waals surface area contributed by atoms with E-state index in [1.807, 2.05) is 12.1 Å². The van der Waals surface area contributed by atoms with Crippen LogP contribution in [-0.2, 0) is 6.61 Å². The van der Waals surface area contributed by atoms with Gasteiger partial charge in [-0.3, -0.25) is 0 Å². The fourth-order valence-corrected chi connectivity index (χ4v) is 2.43. The minimum Gasteiger partial charge on any atom is -0.397 e. The molecular weight excluding hydrogens is 182 g/mol. The summed E-state index contributed by atoms with van der Waals surface area (Å²) in [5.41, 5.74) is 7.43. The van der Waals surface area contributed by atoms with Gasteiger partial charge in [0.2, 0.25) is 0 Å². The monoisotopic (exact) mass is 193 g/mol. The molecule has 0 radical (unpaired) electrons. The van der Waals surface area contributed by atoms with Crippen molar-refractivity contribution in [2.24, 2.45) is 0 Å². The van der Waals surface area contributed by atoms with Gasteiger partial charge in [0.15, 0.2) is 0 Å². The summed E-state index contributed by atoms with van der Waals surface area (Å²) < 4.78 is 1.09. The van der Waals surface area contributed by atoms with E-state index in [1.165, 1.54) is 4.88 Å². The molecule has 68 valence electrons. The van der Waals surface area contributed by atoms with Crippen LogP contribution in [0.25, 0.3) is 10.1 Å². The highest BCUT2D eigenvalue weighted by atomic mass is 32.1. The molecule has 0 aliphatic rings. The van der Waals surface area contributed by atoms with E-state index in [0.29, 0.717) is 0 Å². The Kier molecular flexibility index (Phi) is 1.98. The quantitative estimate of drug-likeness (QED) is 0.682. The zero-order valence-electron chi connectivity index (χ0n) is 7.37. The van der Waals surface area contributed by atoms with Crippen LogP contribution in [-0.4, -0.2) is 5.11 Å². The lowest BCUT2D eigenvalue weighted by Crippen LogP contribution is -1.93. The Bertz CT molecular complexity index is 447. The van der Waals surface area contributed by atoms with Gasteiger partial charge in [0.05, 0.1) is 17.0 Å². The summed E-state index contributed by atoms with van der Waals surface area (Å²) in [6, 6.07) is 5.99. The summed E-state index contributed by atoms with van der Waals surface area (Å²) in [5, 5.41) is 10.2. The summed E-state index contributed by atoms with van der Waals surface area (Å²) in [4.78, 5) is 1.25. The van der Waals surface area contributed by atoms with Gasteiger partial charge in [-0.15, -0.1) is 11.3 Å². The molecule has 1 heterocycles. The number of aliphatic hydroxyl groups is 1. The molecule has 2 nitrogen and oxygen atoms in total. The van der Waals surface area contributed by atoms with Gasteiger partial charge in [-0.25, -0.2) is 0 Å². The van der Waals surface area contributed by atoms with Gasteiger partial charge in [0, 0.05) is 10.4 Å². The molecule has 0 aliphatic heterocycles. The van der Waals surface area contributed by atoms with Crippen LogP contribution in [0.5, 0.6) is 0 Å². The fourth-order valence-electron chi connectivity index (χ4n) is 1.43. The van der Waals surface area contributed by atoms with Gasteiger partial charge >= 0.3 is 0 Å². The number of nitrogen functional groups attached to an aromatic ring is 1. The van der Waals surface area contributed by atoms with Crippen LogP contribution in [0.3, 0.4) is 0 Å². The predicted octanol–water partition coefficient (Wildman–Crippen LogP) is 2.28. The number of nitrogens with two attached hydrogens (primary N) is 1. The van der Waals surface area contributed by atoms with Crippen molar-refractivity contribution in [1.29, 1.82) is 0 Å². The zero-order valence-corrected chi connectivity index (χ0v) is 8.19. The first kappa shape index (κ1) is 8.53. The lowest BCUT2D eigenvalue weighted by molar-refractivity contribution is 0.282. The number of anilines is 1. The largest absolute Gasteiger partial charge is 0.397 e. The van der Waals surface area contributed by atoms with Gasteiger partial charge in [-0.1, -0.05) is 12.1 Å².